The Morgan fingerprint density at radius 3 is 2.55 bits per heavy atom. The van der Waals surface area contributed by atoms with Crippen LogP contribution in [0.4, 0.5) is 0 Å². The normalized spacial score (nSPS) is 25.8. The molecule has 1 heterocycles. The molecular formula is C17H24N2O. The van der Waals surface area contributed by atoms with Gasteiger partial charge in [0, 0.05) is 31.0 Å². The molecule has 0 spiro atoms. The molecule has 1 saturated carbocycles. The summed E-state index contributed by atoms with van der Waals surface area (Å²) in [6, 6.07) is 11.7. The van der Waals surface area contributed by atoms with E-state index in [1.807, 2.05) is 23.1 Å². The zero-order chi connectivity index (χ0) is 14.1. The highest BCUT2D eigenvalue weighted by Gasteiger charge is 2.37. The van der Waals surface area contributed by atoms with Crippen LogP contribution in [0, 0.1) is 5.92 Å². The van der Waals surface area contributed by atoms with E-state index in [0.29, 0.717) is 30.3 Å². The third kappa shape index (κ3) is 2.88. The van der Waals surface area contributed by atoms with E-state index in [-0.39, 0.29) is 6.04 Å². The molecule has 20 heavy (non-hydrogen) atoms. The molecule has 0 aromatic heterocycles. The van der Waals surface area contributed by atoms with Crippen LogP contribution in [0.5, 0.6) is 0 Å². The van der Waals surface area contributed by atoms with Gasteiger partial charge in [0.2, 0.25) is 5.91 Å². The van der Waals surface area contributed by atoms with Crippen molar-refractivity contribution in [2.75, 3.05) is 6.54 Å². The number of carbonyl (C=O) groups excluding carboxylic acids is 1. The fourth-order valence-corrected chi connectivity index (χ4v) is 3.14. The molecule has 3 nitrogen and oxygen atoms in total. The number of carbonyl (C=O) groups is 1. The molecule has 1 aromatic carbocycles. The smallest absolute Gasteiger partial charge is 0.223 e. The molecule has 1 N–H and O–H groups in total. The van der Waals surface area contributed by atoms with Gasteiger partial charge in [0.25, 0.3) is 0 Å². The Kier molecular flexibility index (Phi) is 3.79. The Morgan fingerprint density at radius 1 is 1.20 bits per heavy atom. The van der Waals surface area contributed by atoms with Gasteiger partial charge in [-0.15, -0.1) is 0 Å². The maximum absolute atomic E-state index is 12.3. The summed E-state index contributed by atoms with van der Waals surface area (Å²) in [5, 5.41) is 3.64. The summed E-state index contributed by atoms with van der Waals surface area (Å²) in [5.74, 6) is 0.755. The van der Waals surface area contributed by atoms with Gasteiger partial charge in [0.05, 0.1) is 6.04 Å². The number of likely N-dealkylation sites (tertiary alicyclic amines) is 1. The van der Waals surface area contributed by atoms with Crippen molar-refractivity contribution in [2.24, 2.45) is 5.92 Å². The number of nitrogens with one attached hydrogen (secondary N) is 1. The monoisotopic (exact) mass is 272 g/mol. The lowest BCUT2D eigenvalue weighted by Crippen LogP contribution is -2.37. The summed E-state index contributed by atoms with van der Waals surface area (Å²) in [6.07, 6.45) is 3.29. The molecule has 1 saturated heterocycles. The second-order valence-corrected chi connectivity index (χ2v) is 6.33. The van der Waals surface area contributed by atoms with Crippen molar-refractivity contribution in [3.63, 3.8) is 0 Å². The van der Waals surface area contributed by atoms with Crippen molar-refractivity contribution >= 4 is 5.91 Å². The lowest BCUT2D eigenvalue weighted by Gasteiger charge is -2.26. The summed E-state index contributed by atoms with van der Waals surface area (Å²) >= 11 is 0. The number of hydrogen-bond acceptors (Lipinski definition) is 2. The minimum atomic E-state index is 0.182. The Bertz CT molecular complexity index is 469. The van der Waals surface area contributed by atoms with Crippen LogP contribution in [-0.4, -0.2) is 29.4 Å². The molecule has 3 rings (SSSR count). The van der Waals surface area contributed by atoms with Crippen LogP contribution in [0.15, 0.2) is 30.3 Å². The van der Waals surface area contributed by atoms with Gasteiger partial charge in [-0.2, -0.15) is 0 Å². The molecule has 0 bridgehead atoms. The molecule has 3 atom stereocenters. The van der Waals surface area contributed by atoms with Gasteiger partial charge < -0.3 is 10.2 Å². The number of hydrogen-bond donors (Lipinski definition) is 1. The van der Waals surface area contributed by atoms with Gasteiger partial charge in [-0.05, 0) is 32.3 Å². The SMILES string of the molecule is CC(NC1CC1)[C@H]1CC(=O)N([C@@H](C)c2ccccc2)C1. The largest absolute Gasteiger partial charge is 0.336 e. The third-order valence-electron chi connectivity index (χ3n) is 4.72. The van der Waals surface area contributed by atoms with Gasteiger partial charge >= 0.3 is 0 Å². The second-order valence-electron chi connectivity index (χ2n) is 6.33. The molecule has 1 aliphatic carbocycles. The van der Waals surface area contributed by atoms with Crippen LogP contribution in [0.1, 0.15) is 44.7 Å². The van der Waals surface area contributed by atoms with Crippen LogP contribution in [0.2, 0.25) is 0 Å². The number of amides is 1. The van der Waals surface area contributed by atoms with E-state index in [2.05, 4.69) is 31.3 Å². The minimum Gasteiger partial charge on any atom is -0.336 e. The van der Waals surface area contributed by atoms with E-state index in [1.54, 1.807) is 0 Å². The fourth-order valence-electron chi connectivity index (χ4n) is 3.14. The summed E-state index contributed by atoms with van der Waals surface area (Å²) in [6.45, 7) is 5.25. The van der Waals surface area contributed by atoms with Crippen LogP contribution < -0.4 is 5.32 Å². The van der Waals surface area contributed by atoms with E-state index in [1.165, 1.54) is 18.4 Å². The first-order valence-electron chi connectivity index (χ1n) is 7.75. The van der Waals surface area contributed by atoms with Gasteiger partial charge in [-0.25, -0.2) is 0 Å². The van der Waals surface area contributed by atoms with Gasteiger partial charge in [0.1, 0.15) is 0 Å². The number of rotatable bonds is 5. The van der Waals surface area contributed by atoms with Crippen molar-refractivity contribution in [3.05, 3.63) is 35.9 Å². The quantitative estimate of drug-likeness (QED) is 0.894. The van der Waals surface area contributed by atoms with E-state index in [0.717, 1.165) is 6.54 Å². The Hall–Kier alpha value is -1.35. The molecule has 1 aromatic rings. The summed E-state index contributed by atoms with van der Waals surface area (Å²) in [4.78, 5) is 14.4. The molecule has 1 unspecified atom stereocenters. The van der Waals surface area contributed by atoms with Crippen molar-refractivity contribution in [2.45, 2.75) is 51.2 Å². The van der Waals surface area contributed by atoms with Crippen LogP contribution >= 0.6 is 0 Å². The Morgan fingerprint density at radius 2 is 1.90 bits per heavy atom. The lowest BCUT2D eigenvalue weighted by atomic mass is 10.0. The van der Waals surface area contributed by atoms with Crippen LogP contribution in [-0.2, 0) is 4.79 Å². The zero-order valence-corrected chi connectivity index (χ0v) is 12.4. The van der Waals surface area contributed by atoms with Crippen molar-refractivity contribution in [1.82, 2.24) is 10.2 Å². The third-order valence-corrected chi connectivity index (χ3v) is 4.72. The van der Waals surface area contributed by atoms with Gasteiger partial charge in [0.15, 0.2) is 0 Å². The van der Waals surface area contributed by atoms with Crippen LogP contribution in [0.25, 0.3) is 0 Å². The zero-order valence-electron chi connectivity index (χ0n) is 12.4. The molecule has 2 aliphatic rings. The average molecular weight is 272 g/mol. The molecule has 108 valence electrons. The molecule has 1 aliphatic heterocycles. The summed E-state index contributed by atoms with van der Waals surface area (Å²) < 4.78 is 0. The highest BCUT2D eigenvalue weighted by atomic mass is 16.2. The van der Waals surface area contributed by atoms with Crippen molar-refractivity contribution in [3.8, 4) is 0 Å². The molecule has 3 heteroatoms. The van der Waals surface area contributed by atoms with Crippen LogP contribution in [0.3, 0.4) is 0 Å². The number of nitrogens with zero attached hydrogens (tertiary/aromatic N) is 1. The first kappa shape index (κ1) is 13.6. The van der Waals surface area contributed by atoms with E-state index < -0.39 is 0 Å². The highest BCUT2D eigenvalue weighted by molar-refractivity contribution is 5.79. The van der Waals surface area contributed by atoms with E-state index in [9.17, 15) is 4.79 Å². The Balaban J connectivity index is 1.64. The lowest BCUT2D eigenvalue weighted by molar-refractivity contribution is -0.129. The maximum Gasteiger partial charge on any atom is 0.223 e. The fraction of sp³-hybridized carbons (Fsp3) is 0.588. The highest BCUT2D eigenvalue weighted by Crippen LogP contribution is 2.31. The van der Waals surface area contributed by atoms with Gasteiger partial charge in [-0.1, -0.05) is 30.3 Å². The predicted octanol–water partition coefficient (Wildman–Crippen LogP) is 2.74. The molecular weight excluding hydrogens is 248 g/mol. The van der Waals surface area contributed by atoms with E-state index >= 15 is 0 Å². The van der Waals surface area contributed by atoms with Crippen molar-refractivity contribution in [1.29, 1.82) is 0 Å². The first-order chi connectivity index (χ1) is 9.65. The summed E-state index contributed by atoms with van der Waals surface area (Å²) in [5.41, 5.74) is 1.23. The van der Waals surface area contributed by atoms with Gasteiger partial charge in [-0.3, -0.25) is 4.79 Å². The average Bonchev–Trinajstić information content (AvgIpc) is 3.19. The standard InChI is InChI=1S/C17H24N2O/c1-12(18-16-8-9-16)15-10-17(20)19(11-15)13(2)14-6-4-3-5-7-14/h3-7,12-13,15-16,18H,8-11H2,1-2H3/t12?,13-,15-/m0/s1. The topological polar surface area (TPSA) is 32.3 Å². The number of benzene rings is 1. The minimum absolute atomic E-state index is 0.182. The molecule has 1 amide bonds. The van der Waals surface area contributed by atoms with E-state index in [4.69, 9.17) is 0 Å². The second kappa shape index (κ2) is 5.57. The van der Waals surface area contributed by atoms with Crippen molar-refractivity contribution < 1.29 is 4.79 Å². The summed E-state index contributed by atoms with van der Waals surface area (Å²) in [7, 11) is 0. The first-order valence-corrected chi connectivity index (χ1v) is 7.75. The Labute approximate surface area is 121 Å². The maximum atomic E-state index is 12.3. The molecule has 2 fully saturated rings. The molecule has 0 radical (unpaired) electrons. The predicted molar refractivity (Wildman–Crippen MR) is 80.3 cm³/mol.